The van der Waals surface area contributed by atoms with Gasteiger partial charge >= 0.3 is 0 Å². The van der Waals surface area contributed by atoms with Gasteiger partial charge in [-0.05, 0) is 62.5 Å². The smallest absolute Gasteiger partial charge is 0.277 e. The van der Waals surface area contributed by atoms with E-state index in [0.29, 0.717) is 17.2 Å². The molecule has 2 aromatic rings. The third-order valence-corrected chi connectivity index (χ3v) is 5.85. The maximum atomic E-state index is 13.1. The average Bonchev–Trinajstić information content (AvgIpc) is 3.40. The van der Waals surface area contributed by atoms with Crippen LogP contribution in [0.4, 0.5) is 5.69 Å². The van der Waals surface area contributed by atoms with Crippen LogP contribution in [0.25, 0.3) is 11.1 Å². The van der Waals surface area contributed by atoms with Crippen LogP contribution in [-0.4, -0.2) is 52.9 Å². The highest BCUT2D eigenvalue weighted by Gasteiger charge is 2.31. The predicted molar refractivity (Wildman–Crippen MR) is 108 cm³/mol. The molecule has 146 valence electrons. The van der Waals surface area contributed by atoms with Crippen molar-refractivity contribution in [1.29, 1.82) is 0 Å². The van der Waals surface area contributed by atoms with Crippen LogP contribution >= 0.6 is 0 Å². The van der Waals surface area contributed by atoms with Crippen molar-refractivity contribution in [3.63, 3.8) is 0 Å². The van der Waals surface area contributed by atoms with E-state index < -0.39 is 0 Å². The number of nitro benzene ring substituents is 1. The first-order chi connectivity index (χ1) is 13.6. The number of benzene rings is 2. The molecule has 1 amide bonds. The van der Waals surface area contributed by atoms with E-state index in [2.05, 4.69) is 4.90 Å². The van der Waals surface area contributed by atoms with Gasteiger partial charge in [-0.2, -0.15) is 0 Å². The fourth-order valence-electron chi connectivity index (χ4n) is 4.39. The minimum Gasteiger partial charge on any atom is -0.334 e. The number of carbonyl (C=O) groups is 1. The first kappa shape index (κ1) is 18.6. The summed E-state index contributed by atoms with van der Waals surface area (Å²) in [6.45, 7) is 4.06. The van der Waals surface area contributed by atoms with E-state index >= 15 is 0 Å². The van der Waals surface area contributed by atoms with Crippen molar-refractivity contribution in [2.45, 2.75) is 31.7 Å². The van der Waals surface area contributed by atoms with Crippen molar-refractivity contribution in [2.24, 2.45) is 0 Å². The maximum absolute atomic E-state index is 13.1. The van der Waals surface area contributed by atoms with E-state index in [4.69, 9.17) is 0 Å². The van der Waals surface area contributed by atoms with Crippen molar-refractivity contribution < 1.29 is 9.72 Å². The molecule has 0 radical (unpaired) electrons. The summed E-state index contributed by atoms with van der Waals surface area (Å²) in [7, 11) is 0. The van der Waals surface area contributed by atoms with Gasteiger partial charge in [0.15, 0.2) is 0 Å². The lowest BCUT2D eigenvalue weighted by Crippen LogP contribution is -2.42. The topological polar surface area (TPSA) is 66.7 Å². The molecule has 2 aromatic carbocycles. The number of para-hydroxylation sites is 1. The molecule has 0 saturated carbocycles. The number of hydrogen-bond donors (Lipinski definition) is 0. The number of amides is 1. The summed E-state index contributed by atoms with van der Waals surface area (Å²) in [4.78, 5) is 28.4. The molecule has 2 aliphatic heterocycles. The summed E-state index contributed by atoms with van der Waals surface area (Å²) >= 11 is 0. The van der Waals surface area contributed by atoms with E-state index in [9.17, 15) is 14.9 Å². The molecule has 4 rings (SSSR count). The molecule has 28 heavy (non-hydrogen) atoms. The van der Waals surface area contributed by atoms with Crippen LogP contribution in [0.3, 0.4) is 0 Å². The van der Waals surface area contributed by atoms with Crippen molar-refractivity contribution in [2.75, 3.05) is 26.2 Å². The Labute approximate surface area is 164 Å². The van der Waals surface area contributed by atoms with Crippen molar-refractivity contribution in [3.8, 4) is 11.1 Å². The third-order valence-electron chi connectivity index (χ3n) is 5.85. The Morgan fingerprint density at radius 2 is 1.71 bits per heavy atom. The molecule has 2 aliphatic rings. The molecule has 1 atom stereocenters. The van der Waals surface area contributed by atoms with Crippen LogP contribution in [0.5, 0.6) is 0 Å². The van der Waals surface area contributed by atoms with Crippen LogP contribution in [0.2, 0.25) is 0 Å². The summed E-state index contributed by atoms with van der Waals surface area (Å²) in [5, 5.41) is 11.3. The molecule has 2 heterocycles. The van der Waals surface area contributed by atoms with Gasteiger partial charge in [-0.3, -0.25) is 14.9 Å². The summed E-state index contributed by atoms with van der Waals surface area (Å²) < 4.78 is 0. The number of hydrogen-bond acceptors (Lipinski definition) is 4. The Morgan fingerprint density at radius 3 is 2.43 bits per heavy atom. The van der Waals surface area contributed by atoms with E-state index in [0.717, 1.165) is 44.6 Å². The van der Waals surface area contributed by atoms with Crippen LogP contribution in [0.15, 0.2) is 48.5 Å². The van der Waals surface area contributed by atoms with E-state index in [1.807, 2.05) is 4.90 Å². The highest BCUT2D eigenvalue weighted by Crippen LogP contribution is 2.30. The number of carbonyl (C=O) groups excluding carboxylic acids is 1. The van der Waals surface area contributed by atoms with Crippen molar-refractivity contribution in [3.05, 3.63) is 64.2 Å². The lowest BCUT2D eigenvalue weighted by Gasteiger charge is -2.28. The maximum Gasteiger partial charge on any atom is 0.277 e. The summed E-state index contributed by atoms with van der Waals surface area (Å²) in [5.41, 5.74) is 2.04. The molecular formula is C22H25N3O3. The molecule has 6 nitrogen and oxygen atoms in total. The molecule has 0 aromatic heterocycles. The molecule has 0 aliphatic carbocycles. The zero-order chi connectivity index (χ0) is 19.5. The quantitative estimate of drug-likeness (QED) is 0.582. The van der Waals surface area contributed by atoms with Gasteiger partial charge in [0.1, 0.15) is 0 Å². The summed E-state index contributed by atoms with van der Waals surface area (Å²) in [6, 6.07) is 14.2. The molecule has 2 saturated heterocycles. The summed E-state index contributed by atoms with van der Waals surface area (Å²) in [6.07, 6.45) is 4.64. The van der Waals surface area contributed by atoms with Gasteiger partial charge in [0, 0.05) is 30.8 Å². The zero-order valence-corrected chi connectivity index (χ0v) is 15.9. The Balaban J connectivity index is 1.50. The molecule has 0 bridgehead atoms. The predicted octanol–water partition coefficient (Wildman–Crippen LogP) is 3.96. The summed E-state index contributed by atoms with van der Waals surface area (Å²) in [5.74, 6) is 0.0656. The Kier molecular flexibility index (Phi) is 5.39. The monoisotopic (exact) mass is 379 g/mol. The van der Waals surface area contributed by atoms with Gasteiger partial charge in [-0.15, -0.1) is 0 Å². The fourth-order valence-corrected chi connectivity index (χ4v) is 4.39. The van der Waals surface area contributed by atoms with Gasteiger partial charge in [-0.25, -0.2) is 0 Å². The van der Waals surface area contributed by atoms with Crippen molar-refractivity contribution >= 4 is 11.6 Å². The average molecular weight is 379 g/mol. The Morgan fingerprint density at radius 1 is 1.00 bits per heavy atom. The highest BCUT2D eigenvalue weighted by molar-refractivity contribution is 5.95. The van der Waals surface area contributed by atoms with Gasteiger partial charge in [0.25, 0.3) is 11.6 Å². The highest BCUT2D eigenvalue weighted by atomic mass is 16.6. The Hall–Kier alpha value is -2.73. The van der Waals surface area contributed by atoms with Crippen LogP contribution in [0.1, 0.15) is 36.0 Å². The minimum absolute atomic E-state index is 0.0656. The van der Waals surface area contributed by atoms with Crippen LogP contribution < -0.4 is 0 Å². The first-order valence-corrected chi connectivity index (χ1v) is 10.0. The van der Waals surface area contributed by atoms with Gasteiger partial charge < -0.3 is 9.80 Å². The van der Waals surface area contributed by atoms with Gasteiger partial charge in [-0.1, -0.05) is 24.3 Å². The van der Waals surface area contributed by atoms with Gasteiger partial charge in [0.05, 0.1) is 10.5 Å². The molecular weight excluding hydrogens is 354 g/mol. The van der Waals surface area contributed by atoms with E-state index in [1.54, 1.807) is 42.5 Å². The second-order valence-corrected chi connectivity index (χ2v) is 7.65. The number of nitro groups is 1. The Bertz CT molecular complexity index is 860. The first-order valence-electron chi connectivity index (χ1n) is 10.0. The number of nitrogens with zero attached hydrogens (tertiary/aromatic N) is 3. The third kappa shape index (κ3) is 3.78. The zero-order valence-electron chi connectivity index (χ0n) is 15.9. The SMILES string of the molecule is O=C(c1ccc(-c2ccccc2[N+](=O)[O-])cc1)N1CCCC1CN1CCCC1. The number of rotatable bonds is 5. The lowest BCUT2D eigenvalue weighted by molar-refractivity contribution is -0.384. The lowest BCUT2D eigenvalue weighted by atomic mass is 10.0. The number of likely N-dealkylation sites (tertiary alicyclic amines) is 2. The molecule has 0 spiro atoms. The second kappa shape index (κ2) is 8.10. The molecule has 6 heteroatoms. The van der Waals surface area contributed by atoms with Gasteiger partial charge in [0.2, 0.25) is 0 Å². The standard InChI is InChI=1S/C22H25N3O3/c26-22(24-15-5-6-19(24)16-23-13-3-4-14-23)18-11-9-17(10-12-18)20-7-1-2-8-21(20)25(27)28/h1-2,7-12,19H,3-6,13-16H2. The molecule has 0 N–H and O–H groups in total. The molecule has 2 fully saturated rings. The van der Waals surface area contributed by atoms with Crippen LogP contribution in [0, 0.1) is 10.1 Å². The van der Waals surface area contributed by atoms with Crippen molar-refractivity contribution in [1.82, 2.24) is 9.80 Å². The van der Waals surface area contributed by atoms with E-state index in [-0.39, 0.29) is 16.5 Å². The fraction of sp³-hybridized carbons (Fsp3) is 0.409. The van der Waals surface area contributed by atoms with E-state index in [1.165, 1.54) is 18.9 Å². The molecule has 1 unspecified atom stereocenters. The minimum atomic E-state index is -0.373. The van der Waals surface area contributed by atoms with Crippen LogP contribution in [-0.2, 0) is 0 Å². The second-order valence-electron chi connectivity index (χ2n) is 7.65. The normalized spacial score (nSPS) is 19.9. The largest absolute Gasteiger partial charge is 0.334 e.